The minimum absolute atomic E-state index is 0.0674. The van der Waals surface area contributed by atoms with Gasteiger partial charge in [0.2, 0.25) is 5.91 Å². The highest BCUT2D eigenvalue weighted by Gasteiger charge is 2.29. The number of hydrogen-bond acceptors (Lipinski definition) is 3. The minimum atomic E-state index is -0.218. The summed E-state index contributed by atoms with van der Waals surface area (Å²) in [5.41, 5.74) is 2.56. The van der Waals surface area contributed by atoms with Gasteiger partial charge in [-0.15, -0.1) is 0 Å². The van der Waals surface area contributed by atoms with Crippen LogP contribution in [0.5, 0.6) is 5.75 Å². The van der Waals surface area contributed by atoms with Gasteiger partial charge in [0.1, 0.15) is 5.75 Å². The van der Waals surface area contributed by atoms with E-state index in [1.165, 1.54) is 0 Å². The number of ether oxygens (including phenoxy) is 1. The fourth-order valence-corrected chi connectivity index (χ4v) is 2.57. The number of halogens is 1. The monoisotopic (exact) mass is 372 g/mol. The van der Waals surface area contributed by atoms with Crippen LogP contribution in [0.4, 0.5) is 5.69 Å². The van der Waals surface area contributed by atoms with E-state index >= 15 is 0 Å². The molecule has 2 amide bonds. The largest absolute Gasteiger partial charge is 0.484 e. The van der Waals surface area contributed by atoms with Crippen molar-refractivity contribution in [3.63, 3.8) is 0 Å². The summed E-state index contributed by atoms with van der Waals surface area (Å²) in [4.78, 5) is 23.8. The summed E-state index contributed by atoms with van der Waals surface area (Å²) in [6, 6.07) is 12.7. The molecule has 2 aromatic rings. The Morgan fingerprint density at radius 1 is 1.19 bits per heavy atom. The molecular weight excluding hydrogens is 352 g/mol. The molecule has 136 valence electrons. The number of carbonyl (C=O) groups is 2. The summed E-state index contributed by atoms with van der Waals surface area (Å²) < 4.78 is 5.47. The van der Waals surface area contributed by atoms with Gasteiger partial charge in [-0.25, -0.2) is 0 Å². The molecule has 0 aliphatic heterocycles. The van der Waals surface area contributed by atoms with Gasteiger partial charge in [-0.05, 0) is 61.2 Å². The number of carbonyl (C=O) groups excluding carboxylic acids is 2. The predicted molar refractivity (Wildman–Crippen MR) is 101 cm³/mol. The van der Waals surface area contributed by atoms with Crippen molar-refractivity contribution in [2.75, 3.05) is 11.9 Å². The van der Waals surface area contributed by atoms with Crippen LogP contribution in [0.15, 0.2) is 42.5 Å². The van der Waals surface area contributed by atoms with E-state index in [-0.39, 0.29) is 24.3 Å². The number of aryl methyl sites for hydroxylation is 1. The molecule has 3 rings (SSSR count). The van der Waals surface area contributed by atoms with Gasteiger partial charge in [0, 0.05) is 23.2 Å². The molecule has 0 radical (unpaired) electrons. The molecule has 0 aromatic heterocycles. The molecular formula is C20H21ClN2O3. The van der Waals surface area contributed by atoms with Crippen molar-refractivity contribution in [3.05, 3.63) is 58.6 Å². The molecule has 2 aromatic carbocycles. The highest BCUT2D eigenvalue weighted by atomic mass is 35.5. The summed E-state index contributed by atoms with van der Waals surface area (Å²) in [7, 11) is 0. The van der Waals surface area contributed by atoms with Gasteiger partial charge in [-0.1, -0.05) is 23.7 Å². The summed E-state index contributed by atoms with van der Waals surface area (Å²) in [6.07, 6.45) is 1.93. The van der Waals surface area contributed by atoms with Crippen molar-refractivity contribution in [1.82, 2.24) is 5.32 Å². The lowest BCUT2D eigenvalue weighted by atomic mass is 10.2. The highest BCUT2D eigenvalue weighted by Crippen LogP contribution is 2.30. The molecule has 1 saturated carbocycles. The van der Waals surface area contributed by atoms with Crippen LogP contribution in [0.1, 0.15) is 24.0 Å². The maximum absolute atomic E-state index is 12.0. The minimum Gasteiger partial charge on any atom is -0.484 e. The topological polar surface area (TPSA) is 67.4 Å². The van der Waals surface area contributed by atoms with Crippen LogP contribution in [0.3, 0.4) is 0 Å². The molecule has 5 nitrogen and oxygen atoms in total. The molecule has 0 unspecified atom stereocenters. The Kier molecular flexibility index (Phi) is 5.78. The lowest BCUT2D eigenvalue weighted by Crippen LogP contribution is -2.28. The maximum atomic E-state index is 12.0. The van der Waals surface area contributed by atoms with Crippen LogP contribution in [-0.4, -0.2) is 18.4 Å². The van der Waals surface area contributed by atoms with Crippen molar-refractivity contribution < 1.29 is 14.3 Å². The van der Waals surface area contributed by atoms with Crippen LogP contribution in [0.25, 0.3) is 0 Å². The Balaban J connectivity index is 1.46. The lowest BCUT2D eigenvalue weighted by Gasteiger charge is -2.10. The first kappa shape index (κ1) is 18.3. The van der Waals surface area contributed by atoms with Gasteiger partial charge in [-0.3, -0.25) is 9.59 Å². The zero-order valence-electron chi connectivity index (χ0n) is 14.5. The van der Waals surface area contributed by atoms with Crippen LogP contribution in [0.2, 0.25) is 5.02 Å². The van der Waals surface area contributed by atoms with Crippen LogP contribution in [0, 0.1) is 12.8 Å². The number of hydrogen-bond donors (Lipinski definition) is 2. The molecule has 1 fully saturated rings. The second-order valence-corrected chi connectivity index (χ2v) is 6.85. The Morgan fingerprint density at radius 2 is 2.00 bits per heavy atom. The van der Waals surface area contributed by atoms with Gasteiger partial charge in [-0.2, -0.15) is 0 Å². The molecule has 0 spiro atoms. The van der Waals surface area contributed by atoms with Crippen LogP contribution >= 0.6 is 11.6 Å². The SMILES string of the molecule is Cc1cc(OCC(=O)NCc2cccc(NC(=O)C3CC3)c2)ccc1Cl. The van der Waals surface area contributed by atoms with Crippen molar-refractivity contribution in [2.24, 2.45) is 5.92 Å². The smallest absolute Gasteiger partial charge is 0.258 e. The molecule has 0 heterocycles. The van der Waals surface area contributed by atoms with Crippen molar-refractivity contribution in [3.8, 4) is 5.75 Å². The zero-order chi connectivity index (χ0) is 18.5. The third-order valence-corrected chi connectivity index (χ3v) is 4.56. The van der Waals surface area contributed by atoms with E-state index in [1.807, 2.05) is 31.2 Å². The Bertz CT molecular complexity index is 818. The molecule has 0 saturated heterocycles. The Hall–Kier alpha value is -2.53. The summed E-state index contributed by atoms with van der Waals surface area (Å²) in [6.45, 7) is 2.18. The normalized spacial score (nSPS) is 13.2. The Morgan fingerprint density at radius 3 is 2.73 bits per heavy atom. The van der Waals surface area contributed by atoms with E-state index < -0.39 is 0 Å². The van der Waals surface area contributed by atoms with E-state index in [1.54, 1.807) is 18.2 Å². The van der Waals surface area contributed by atoms with Gasteiger partial charge >= 0.3 is 0 Å². The van der Waals surface area contributed by atoms with Gasteiger partial charge in [0.05, 0.1) is 0 Å². The molecule has 2 N–H and O–H groups in total. The van der Waals surface area contributed by atoms with Crippen molar-refractivity contribution in [2.45, 2.75) is 26.3 Å². The molecule has 0 atom stereocenters. The quantitative estimate of drug-likeness (QED) is 0.778. The number of nitrogens with one attached hydrogen (secondary N) is 2. The van der Waals surface area contributed by atoms with Gasteiger partial charge in [0.25, 0.3) is 5.91 Å². The van der Waals surface area contributed by atoms with E-state index in [0.29, 0.717) is 17.3 Å². The van der Waals surface area contributed by atoms with E-state index in [9.17, 15) is 9.59 Å². The standard InChI is InChI=1S/C20H21ClN2O3/c1-13-9-17(7-8-18(13)21)26-12-19(24)22-11-14-3-2-4-16(10-14)23-20(25)15-5-6-15/h2-4,7-10,15H,5-6,11-12H2,1H3,(H,22,24)(H,23,25). The second-order valence-electron chi connectivity index (χ2n) is 6.44. The van der Waals surface area contributed by atoms with Crippen molar-refractivity contribution in [1.29, 1.82) is 0 Å². The number of amides is 2. The first-order valence-electron chi connectivity index (χ1n) is 8.57. The van der Waals surface area contributed by atoms with E-state index in [0.717, 1.165) is 29.7 Å². The molecule has 1 aliphatic rings. The van der Waals surface area contributed by atoms with E-state index in [4.69, 9.17) is 16.3 Å². The summed E-state index contributed by atoms with van der Waals surface area (Å²) in [5.74, 6) is 0.613. The molecule has 6 heteroatoms. The third kappa shape index (κ3) is 5.23. The average Bonchev–Trinajstić information content (AvgIpc) is 3.46. The Labute approximate surface area is 157 Å². The predicted octanol–water partition coefficient (Wildman–Crippen LogP) is 3.69. The first-order valence-corrected chi connectivity index (χ1v) is 8.94. The van der Waals surface area contributed by atoms with Crippen molar-refractivity contribution >= 4 is 29.1 Å². The van der Waals surface area contributed by atoms with E-state index in [2.05, 4.69) is 10.6 Å². The highest BCUT2D eigenvalue weighted by molar-refractivity contribution is 6.31. The maximum Gasteiger partial charge on any atom is 0.258 e. The fraction of sp³-hybridized carbons (Fsp3) is 0.300. The average molecular weight is 373 g/mol. The second kappa shape index (κ2) is 8.23. The number of rotatable bonds is 7. The fourth-order valence-electron chi connectivity index (χ4n) is 2.46. The summed E-state index contributed by atoms with van der Waals surface area (Å²) >= 11 is 5.96. The number of anilines is 1. The molecule has 1 aliphatic carbocycles. The van der Waals surface area contributed by atoms with Gasteiger partial charge < -0.3 is 15.4 Å². The first-order chi connectivity index (χ1) is 12.5. The summed E-state index contributed by atoms with van der Waals surface area (Å²) in [5, 5.41) is 6.37. The molecule has 26 heavy (non-hydrogen) atoms. The van der Waals surface area contributed by atoms with Gasteiger partial charge in [0.15, 0.2) is 6.61 Å². The molecule has 0 bridgehead atoms. The van der Waals surface area contributed by atoms with Crippen LogP contribution < -0.4 is 15.4 Å². The van der Waals surface area contributed by atoms with Crippen LogP contribution in [-0.2, 0) is 16.1 Å². The zero-order valence-corrected chi connectivity index (χ0v) is 15.3. The lowest BCUT2D eigenvalue weighted by molar-refractivity contribution is -0.123. The number of benzene rings is 2. The third-order valence-electron chi connectivity index (χ3n) is 4.13.